The number of carbonyl (C=O) groups excluding carboxylic acids is 2. The number of halogens is 1. The van der Waals surface area contributed by atoms with Crippen LogP contribution in [0, 0.1) is 0 Å². The molecule has 1 aromatic carbocycles. The molecular formula is C17H17IN2O5S. The van der Waals surface area contributed by atoms with E-state index in [0.29, 0.717) is 28.9 Å². The first-order valence-corrected chi connectivity index (χ1v) is 10.8. The molecule has 2 rings (SSSR count). The summed E-state index contributed by atoms with van der Waals surface area (Å²) in [6.07, 6.45) is 1.44. The van der Waals surface area contributed by atoms with Gasteiger partial charge in [0.1, 0.15) is 12.3 Å². The Hall–Kier alpha value is -1.85. The number of phenolic OH excluding ortho intramolecular Hbond substituents is 1. The monoisotopic (exact) mass is 488 g/mol. The smallest absolute Gasteiger partial charge is 0.339 e. The Morgan fingerprint density at radius 2 is 2.04 bits per heavy atom. The fourth-order valence-corrected chi connectivity index (χ4v) is 3.43. The molecule has 138 valence electrons. The molecule has 0 bridgehead atoms. The topological polar surface area (TPSA) is 89.0 Å². The van der Waals surface area contributed by atoms with Gasteiger partial charge in [0, 0.05) is 39.5 Å². The van der Waals surface area contributed by atoms with E-state index in [1.807, 2.05) is 6.07 Å². The van der Waals surface area contributed by atoms with Crippen LogP contribution in [0.1, 0.15) is 15.9 Å². The van der Waals surface area contributed by atoms with Crippen LogP contribution in [0.15, 0.2) is 36.5 Å². The van der Waals surface area contributed by atoms with E-state index in [-0.39, 0.29) is 18.3 Å². The highest BCUT2D eigenvalue weighted by Gasteiger charge is 2.19. The van der Waals surface area contributed by atoms with Gasteiger partial charge in [0.25, 0.3) is 0 Å². The molecule has 0 spiro atoms. The van der Waals surface area contributed by atoms with E-state index < -0.39 is 5.97 Å². The molecule has 0 radical (unpaired) electrons. The lowest BCUT2D eigenvalue weighted by molar-refractivity contribution is -0.140. The van der Waals surface area contributed by atoms with E-state index in [1.165, 1.54) is 29.5 Å². The summed E-state index contributed by atoms with van der Waals surface area (Å²) in [6.45, 7) is 0.371. The number of hydrogen-bond donors (Lipinski definition) is 1. The summed E-state index contributed by atoms with van der Waals surface area (Å²) in [4.78, 5) is 27.9. The Bertz CT molecular complexity index is 802. The van der Waals surface area contributed by atoms with Gasteiger partial charge in [0.2, 0.25) is 0 Å². The van der Waals surface area contributed by atoms with Crippen molar-refractivity contribution in [2.24, 2.45) is 0 Å². The minimum absolute atomic E-state index is 0.0640. The fraction of sp³-hybridized carbons (Fsp3) is 0.235. The van der Waals surface area contributed by atoms with E-state index >= 15 is 0 Å². The summed E-state index contributed by atoms with van der Waals surface area (Å²) in [6, 6.07) is 8.42. The number of aromatic nitrogens is 1. The van der Waals surface area contributed by atoms with Crippen LogP contribution in [0.4, 0.5) is 0 Å². The molecular weight excluding hydrogens is 471 g/mol. The highest BCUT2D eigenvalue weighted by atomic mass is 127. The van der Waals surface area contributed by atoms with Gasteiger partial charge in [0.15, 0.2) is 0 Å². The van der Waals surface area contributed by atoms with Gasteiger partial charge in [0.05, 0.1) is 25.5 Å². The summed E-state index contributed by atoms with van der Waals surface area (Å²) >= 11 is 2.06. The van der Waals surface area contributed by atoms with Crippen LogP contribution in [0.25, 0.3) is 11.3 Å². The number of ether oxygens (including phenoxy) is 2. The molecule has 0 unspecified atom stereocenters. The molecule has 0 saturated carbocycles. The molecule has 0 fully saturated rings. The number of carbonyl (C=O) groups is 2. The minimum Gasteiger partial charge on any atom is -0.508 e. The van der Waals surface area contributed by atoms with Crippen molar-refractivity contribution in [3.63, 3.8) is 0 Å². The largest absolute Gasteiger partial charge is 0.508 e. The average molecular weight is 488 g/mol. The lowest BCUT2D eigenvalue weighted by Crippen LogP contribution is -2.24. The standard InChI is InChI=1S/C17H17IN2O5S/c1-24-16(22)10-20(26-18)9-12-7-15(11-4-3-5-13(21)6-11)19-8-14(12)17(23)25-2/h3-8,21H,9-10H2,1-2H3. The zero-order chi connectivity index (χ0) is 19.1. The molecule has 1 aromatic heterocycles. The van der Waals surface area contributed by atoms with E-state index in [4.69, 9.17) is 9.47 Å². The number of phenols is 1. The lowest BCUT2D eigenvalue weighted by atomic mass is 10.0. The van der Waals surface area contributed by atoms with Gasteiger partial charge < -0.3 is 14.6 Å². The third-order valence-electron chi connectivity index (χ3n) is 3.51. The normalized spacial score (nSPS) is 10.6. The summed E-state index contributed by atoms with van der Waals surface area (Å²) < 4.78 is 11.3. The molecule has 1 heterocycles. The highest BCUT2D eigenvalue weighted by molar-refractivity contribution is 14.2. The van der Waals surface area contributed by atoms with Crippen LogP contribution >= 0.6 is 30.3 Å². The number of benzene rings is 1. The van der Waals surface area contributed by atoms with Crippen LogP contribution in [-0.4, -0.2) is 47.1 Å². The Kier molecular flexibility index (Phi) is 7.66. The van der Waals surface area contributed by atoms with E-state index in [1.54, 1.807) is 28.6 Å². The Labute approximate surface area is 167 Å². The van der Waals surface area contributed by atoms with Crippen LogP contribution in [0.3, 0.4) is 0 Å². The van der Waals surface area contributed by atoms with Crippen molar-refractivity contribution >= 4 is 42.3 Å². The molecule has 0 saturated heterocycles. The van der Waals surface area contributed by atoms with Crippen LogP contribution in [0.2, 0.25) is 0 Å². The highest BCUT2D eigenvalue weighted by Crippen LogP contribution is 2.27. The van der Waals surface area contributed by atoms with Crippen molar-refractivity contribution < 1.29 is 24.2 Å². The summed E-state index contributed by atoms with van der Waals surface area (Å²) in [5.74, 6) is -0.763. The minimum atomic E-state index is -0.508. The predicted octanol–water partition coefficient (Wildman–Crippen LogP) is 3.21. The zero-order valence-electron chi connectivity index (χ0n) is 14.1. The van der Waals surface area contributed by atoms with Crippen molar-refractivity contribution in [1.29, 1.82) is 0 Å². The van der Waals surface area contributed by atoms with E-state index in [0.717, 1.165) is 0 Å². The first kappa shape index (κ1) is 20.5. The second kappa shape index (κ2) is 9.74. The van der Waals surface area contributed by atoms with Gasteiger partial charge >= 0.3 is 11.9 Å². The quantitative estimate of drug-likeness (QED) is 0.361. The summed E-state index contributed by atoms with van der Waals surface area (Å²) in [5.41, 5.74) is 2.28. The molecule has 26 heavy (non-hydrogen) atoms. The third-order valence-corrected chi connectivity index (χ3v) is 5.64. The Morgan fingerprint density at radius 3 is 2.65 bits per heavy atom. The van der Waals surface area contributed by atoms with Crippen molar-refractivity contribution in [3.8, 4) is 17.0 Å². The number of rotatable bonds is 7. The number of nitrogens with zero attached hydrogens (tertiary/aromatic N) is 2. The molecule has 0 atom stereocenters. The molecule has 0 aliphatic heterocycles. The second-order valence-corrected chi connectivity index (χ2v) is 7.05. The summed E-state index contributed by atoms with van der Waals surface area (Å²) in [5, 5.41) is 9.67. The SMILES string of the molecule is COC(=O)CN(Cc1cc(-c2cccc(O)c2)ncc1C(=O)OC)SI. The van der Waals surface area contributed by atoms with Gasteiger partial charge in [-0.15, -0.1) is 0 Å². The van der Waals surface area contributed by atoms with Crippen molar-refractivity contribution in [2.45, 2.75) is 6.54 Å². The lowest BCUT2D eigenvalue weighted by Gasteiger charge is -2.18. The van der Waals surface area contributed by atoms with E-state index in [2.05, 4.69) is 26.2 Å². The zero-order valence-corrected chi connectivity index (χ0v) is 17.1. The molecule has 7 nitrogen and oxygen atoms in total. The van der Waals surface area contributed by atoms with Crippen molar-refractivity contribution in [1.82, 2.24) is 9.29 Å². The van der Waals surface area contributed by atoms with Gasteiger partial charge in [-0.3, -0.25) is 9.78 Å². The van der Waals surface area contributed by atoms with Crippen molar-refractivity contribution in [3.05, 3.63) is 47.7 Å². The molecule has 0 amide bonds. The number of pyridine rings is 1. The van der Waals surface area contributed by atoms with Crippen LogP contribution < -0.4 is 0 Å². The van der Waals surface area contributed by atoms with E-state index in [9.17, 15) is 14.7 Å². The Balaban J connectivity index is 2.40. The average Bonchev–Trinajstić information content (AvgIpc) is 2.66. The molecule has 9 heteroatoms. The fourth-order valence-electron chi connectivity index (χ4n) is 2.25. The van der Waals surface area contributed by atoms with Crippen molar-refractivity contribution in [2.75, 3.05) is 20.8 Å². The van der Waals surface area contributed by atoms with Gasteiger partial charge in [-0.05, 0) is 32.9 Å². The van der Waals surface area contributed by atoms with Crippen LogP contribution in [0.5, 0.6) is 5.75 Å². The second-order valence-electron chi connectivity index (χ2n) is 5.21. The maximum Gasteiger partial charge on any atom is 0.339 e. The number of esters is 2. The van der Waals surface area contributed by atoms with Gasteiger partial charge in [-0.25, -0.2) is 9.10 Å². The molecule has 2 aromatic rings. The maximum atomic E-state index is 12.1. The summed E-state index contributed by atoms with van der Waals surface area (Å²) in [7, 11) is 3.95. The van der Waals surface area contributed by atoms with Gasteiger partial charge in [-0.2, -0.15) is 0 Å². The first-order valence-electron chi connectivity index (χ1n) is 7.45. The molecule has 1 N–H and O–H groups in total. The first-order chi connectivity index (χ1) is 12.5. The molecule has 0 aliphatic rings. The van der Waals surface area contributed by atoms with Gasteiger partial charge in [-0.1, -0.05) is 12.1 Å². The number of aromatic hydroxyl groups is 1. The predicted molar refractivity (Wildman–Crippen MR) is 107 cm³/mol. The Morgan fingerprint density at radius 1 is 1.27 bits per heavy atom. The maximum absolute atomic E-state index is 12.1. The van der Waals surface area contributed by atoms with Crippen LogP contribution in [-0.2, 0) is 20.8 Å². The number of methoxy groups -OCH3 is 2. The molecule has 0 aliphatic carbocycles. The number of hydrogen-bond acceptors (Lipinski definition) is 8. The third kappa shape index (κ3) is 5.32.